The molecule has 164 valence electrons. The van der Waals surface area contributed by atoms with Crippen molar-refractivity contribution in [1.29, 1.82) is 0 Å². The molecule has 0 aliphatic carbocycles. The number of alkyl carbamates (subject to hydrolysis) is 1. The van der Waals surface area contributed by atoms with Crippen LogP contribution in [-0.2, 0) is 20.8 Å². The van der Waals surface area contributed by atoms with Gasteiger partial charge in [0.1, 0.15) is 11.9 Å². The summed E-state index contributed by atoms with van der Waals surface area (Å²) in [6.07, 6.45) is -0.989. The van der Waals surface area contributed by atoms with Crippen LogP contribution in [-0.4, -0.2) is 47.3 Å². The third-order valence-electron chi connectivity index (χ3n) is 4.71. The van der Waals surface area contributed by atoms with Crippen LogP contribution in [0.1, 0.15) is 18.7 Å². The molecule has 11 heteroatoms. The van der Waals surface area contributed by atoms with Gasteiger partial charge in [-0.3, -0.25) is 19.5 Å². The van der Waals surface area contributed by atoms with Crippen LogP contribution in [0, 0.1) is 6.92 Å². The molecule has 0 bridgehead atoms. The predicted octanol–water partition coefficient (Wildman–Crippen LogP) is 2.51. The zero-order valence-corrected chi connectivity index (χ0v) is 17.7. The Morgan fingerprint density at radius 2 is 2.13 bits per heavy atom. The highest BCUT2D eigenvalue weighted by Crippen LogP contribution is 2.29. The minimum Gasteiger partial charge on any atom is -0.453 e. The number of ketones is 1. The zero-order valence-electron chi connectivity index (χ0n) is 16.9. The van der Waals surface area contributed by atoms with Crippen molar-refractivity contribution in [2.75, 3.05) is 19.0 Å². The number of nitrogens with zero attached hydrogens (tertiary/aromatic N) is 2. The van der Waals surface area contributed by atoms with Crippen LogP contribution in [0.4, 0.5) is 15.3 Å². The second-order valence-corrected chi connectivity index (χ2v) is 7.34. The second-order valence-electron chi connectivity index (χ2n) is 6.91. The number of Topliss-reactive ketones (excluding diaryl/α,β-unsaturated/α-hetero) is 1. The van der Waals surface area contributed by atoms with E-state index in [1.54, 1.807) is 19.1 Å². The molecule has 0 spiro atoms. The Labute approximate surface area is 182 Å². The SMILES string of the molecule is COC(=O)Nc1cc(Cl)ccc1-c1cc(=O)n(CC(=O)CCC2CNC(=O)O2)c(C)n1. The molecule has 1 unspecified atom stereocenters. The van der Waals surface area contributed by atoms with Crippen molar-refractivity contribution in [3.05, 3.63) is 45.5 Å². The number of anilines is 1. The van der Waals surface area contributed by atoms with Crippen LogP contribution in [0.15, 0.2) is 29.1 Å². The summed E-state index contributed by atoms with van der Waals surface area (Å²) in [5, 5.41) is 5.45. The van der Waals surface area contributed by atoms with Crippen LogP contribution in [0.3, 0.4) is 0 Å². The Morgan fingerprint density at radius 1 is 1.35 bits per heavy atom. The van der Waals surface area contributed by atoms with Crippen molar-refractivity contribution in [1.82, 2.24) is 14.9 Å². The van der Waals surface area contributed by atoms with E-state index in [4.69, 9.17) is 16.3 Å². The number of rotatable bonds is 7. The third kappa shape index (κ3) is 5.60. The first-order chi connectivity index (χ1) is 14.8. The topological polar surface area (TPSA) is 129 Å². The number of amides is 2. The number of halogens is 1. The van der Waals surface area contributed by atoms with Crippen LogP contribution in [0.2, 0.25) is 5.02 Å². The van der Waals surface area contributed by atoms with Crippen LogP contribution in [0.5, 0.6) is 0 Å². The summed E-state index contributed by atoms with van der Waals surface area (Å²) < 4.78 is 10.9. The number of hydrogen-bond acceptors (Lipinski definition) is 7. The number of hydrogen-bond donors (Lipinski definition) is 2. The minimum absolute atomic E-state index is 0.139. The van der Waals surface area contributed by atoms with Gasteiger partial charge in [0, 0.05) is 23.1 Å². The average molecular weight is 449 g/mol. The van der Waals surface area contributed by atoms with Crippen molar-refractivity contribution in [3.63, 3.8) is 0 Å². The maximum atomic E-state index is 12.7. The number of ether oxygens (including phenoxy) is 2. The van der Waals surface area contributed by atoms with Crippen LogP contribution < -0.4 is 16.2 Å². The highest BCUT2D eigenvalue weighted by atomic mass is 35.5. The summed E-state index contributed by atoms with van der Waals surface area (Å²) >= 11 is 6.01. The van der Waals surface area contributed by atoms with Crippen molar-refractivity contribution in [3.8, 4) is 11.3 Å². The standard InChI is InChI=1S/C20H21ClN4O6/c1-11-23-17(15-6-3-12(21)7-16(15)24-20(29)30-2)8-18(27)25(11)10-13(26)4-5-14-9-22-19(28)31-14/h3,6-8,14H,4-5,9-10H2,1-2H3,(H,22,28)(H,24,29). The highest BCUT2D eigenvalue weighted by molar-refractivity contribution is 6.31. The second kappa shape index (κ2) is 9.61. The number of carbonyl (C=O) groups is 3. The smallest absolute Gasteiger partial charge is 0.411 e. The van der Waals surface area contributed by atoms with E-state index in [1.807, 2.05) is 0 Å². The van der Waals surface area contributed by atoms with Crippen molar-refractivity contribution >= 4 is 35.3 Å². The maximum Gasteiger partial charge on any atom is 0.411 e. The average Bonchev–Trinajstić information content (AvgIpc) is 3.14. The van der Waals surface area contributed by atoms with Crippen molar-refractivity contribution in [2.45, 2.75) is 32.4 Å². The van der Waals surface area contributed by atoms with Gasteiger partial charge in [0.2, 0.25) is 0 Å². The van der Waals surface area contributed by atoms with Gasteiger partial charge in [0.25, 0.3) is 5.56 Å². The predicted molar refractivity (Wildman–Crippen MR) is 112 cm³/mol. The molecule has 1 aliphatic rings. The minimum atomic E-state index is -0.692. The van der Waals surface area contributed by atoms with E-state index in [2.05, 4.69) is 20.4 Å². The Morgan fingerprint density at radius 3 is 2.77 bits per heavy atom. The number of aromatic nitrogens is 2. The van der Waals surface area contributed by atoms with Gasteiger partial charge in [0.15, 0.2) is 5.78 Å². The molecule has 1 aliphatic heterocycles. The van der Waals surface area contributed by atoms with Gasteiger partial charge in [-0.2, -0.15) is 0 Å². The number of benzene rings is 1. The molecule has 0 radical (unpaired) electrons. The van der Waals surface area contributed by atoms with Gasteiger partial charge in [0.05, 0.1) is 31.6 Å². The lowest BCUT2D eigenvalue weighted by Crippen LogP contribution is -2.27. The van der Waals surface area contributed by atoms with E-state index in [9.17, 15) is 19.2 Å². The van der Waals surface area contributed by atoms with Gasteiger partial charge in [-0.1, -0.05) is 11.6 Å². The van der Waals surface area contributed by atoms with E-state index < -0.39 is 17.7 Å². The van der Waals surface area contributed by atoms with E-state index in [-0.39, 0.29) is 24.9 Å². The lowest BCUT2D eigenvalue weighted by molar-refractivity contribution is -0.120. The normalized spacial score (nSPS) is 15.2. The van der Waals surface area contributed by atoms with E-state index in [1.165, 1.54) is 23.8 Å². The largest absolute Gasteiger partial charge is 0.453 e. The first-order valence-electron chi connectivity index (χ1n) is 9.46. The fourth-order valence-electron chi connectivity index (χ4n) is 3.13. The summed E-state index contributed by atoms with van der Waals surface area (Å²) in [6, 6.07) is 6.04. The molecule has 2 heterocycles. The van der Waals surface area contributed by atoms with E-state index in [0.29, 0.717) is 40.8 Å². The number of aryl methyl sites for hydroxylation is 1. The molecule has 31 heavy (non-hydrogen) atoms. The quantitative estimate of drug-likeness (QED) is 0.665. The lowest BCUT2D eigenvalue weighted by Gasteiger charge is -2.14. The molecule has 2 amide bonds. The molecule has 1 atom stereocenters. The number of nitrogens with one attached hydrogen (secondary N) is 2. The highest BCUT2D eigenvalue weighted by Gasteiger charge is 2.23. The fraction of sp³-hybridized carbons (Fsp3) is 0.350. The molecule has 2 aromatic rings. The summed E-state index contributed by atoms with van der Waals surface area (Å²) in [5.74, 6) is 0.158. The van der Waals surface area contributed by atoms with Gasteiger partial charge in [-0.05, 0) is 31.5 Å². The molecule has 1 aromatic carbocycles. The number of cyclic esters (lactones) is 1. The molecule has 0 saturated carbocycles. The molecular formula is C20H21ClN4O6. The van der Waals surface area contributed by atoms with E-state index in [0.717, 1.165) is 0 Å². The summed E-state index contributed by atoms with van der Waals surface area (Å²) in [4.78, 5) is 52.1. The molecular weight excluding hydrogens is 428 g/mol. The molecule has 1 saturated heterocycles. The van der Waals surface area contributed by atoms with Gasteiger partial charge in [-0.25, -0.2) is 14.6 Å². The van der Waals surface area contributed by atoms with E-state index >= 15 is 0 Å². The van der Waals surface area contributed by atoms with Crippen molar-refractivity contribution < 1.29 is 23.9 Å². The molecule has 10 nitrogen and oxygen atoms in total. The Hall–Kier alpha value is -3.40. The monoisotopic (exact) mass is 448 g/mol. The summed E-state index contributed by atoms with van der Waals surface area (Å²) in [6.45, 7) is 1.84. The molecule has 3 rings (SSSR count). The molecule has 1 fully saturated rings. The van der Waals surface area contributed by atoms with Crippen LogP contribution >= 0.6 is 11.6 Å². The van der Waals surface area contributed by atoms with Gasteiger partial charge in [-0.15, -0.1) is 0 Å². The number of methoxy groups -OCH3 is 1. The maximum absolute atomic E-state index is 12.7. The number of carbonyl (C=O) groups excluding carboxylic acids is 3. The Kier molecular flexibility index (Phi) is 6.91. The fourth-order valence-corrected chi connectivity index (χ4v) is 3.30. The van der Waals surface area contributed by atoms with Gasteiger partial charge < -0.3 is 14.8 Å². The molecule has 1 aromatic heterocycles. The Balaban J connectivity index is 1.78. The first kappa shape index (κ1) is 22.3. The van der Waals surface area contributed by atoms with Gasteiger partial charge >= 0.3 is 12.2 Å². The summed E-state index contributed by atoms with van der Waals surface area (Å²) in [5.41, 5.74) is 0.713. The zero-order chi connectivity index (χ0) is 22.5. The lowest BCUT2D eigenvalue weighted by atomic mass is 10.1. The molecule has 2 N–H and O–H groups in total. The van der Waals surface area contributed by atoms with Crippen LogP contribution in [0.25, 0.3) is 11.3 Å². The third-order valence-corrected chi connectivity index (χ3v) is 4.94. The van der Waals surface area contributed by atoms with Crippen molar-refractivity contribution in [2.24, 2.45) is 0 Å². The first-order valence-corrected chi connectivity index (χ1v) is 9.84. The Bertz CT molecular complexity index is 1080. The summed E-state index contributed by atoms with van der Waals surface area (Å²) in [7, 11) is 1.23.